The molecule has 1 aromatic carbocycles. The Balaban J connectivity index is 1.43. The van der Waals surface area contributed by atoms with Crippen LogP contribution in [0.1, 0.15) is 35.3 Å². The predicted octanol–water partition coefficient (Wildman–Crippen LogP) is 4.67. The number of aromatic nitrogens is 1. The lowest BCUT2D eigenvalue weighted by molar-refractivity contribution is 0.0586. The van der Waals surface area contributed by atoms with Crippen LogP contribution in [0.25, 0.3) is 11.5 Å². The van der Waals surface area contributed by atoms with E-state index in [1.165, 1.54) is 0 Å². The smallest absolute Gasteiger partial charge is 0.230 e. The van der Waals surface area contributed by atoms with E-state index in [0.717, 1.165) is 54.4 Å². The molecule has 1 aliphatic heterocycles. The maximum atomic E-state index is 10.6. The summed E-state index contributed by atoms with van der Waals surface area (Å²) < 4.78 is 16.9. The third-order valence-corrected chi connectivity index (χ3v) is 6.76. The first kappa shape index (κ1) is 20.9. The average molecular weight is 429 g/mol. The molecule has 3 aromatic rings. The molecule has 1 N–H and O–H groups in total. The maximum absolute atomic E-state index is 10.6. The van der Waals surface area contributed by atoms with Crippen LogP contribution >= 0.6 is 11.3 Å². The third-order valence-electron chi connectivity index (χ3n) is 5.81. The van der Waals surface area contributed by atoms with Crippen molar-refractivity contribution in [3.8, 4) is 23.0 Å². The number of methoxy groups -OCH3 is 2. The number of oxazole rings is 1. The summed E-state index contributed by atoms with van der Waals surface area (Å²) in [5.41, 5.74) is 1.72. The van der Waals surface area contributed by atoms with Gasteiger partial charge in [0.25, 0.3) is 0 Å². The van der Waals surface area contributed by atoms with Gasteiger partial charge in [-0.1, -0.05) is 12.1 Å². The minimum absolute atomic E-state index is 0.315. The quantitative estimate of drug-likeness (QED) is 0.590. The topological polar surface area (TPSA) is 68.0 Å². The Bertz CT molecular complexity index is 962. The molecule has 1 aliphatic rings. The lowest BCUT2D eigenvalue weighted by atomic mass is 9.90. The molecule has 2 aromatic heterocycles. The van der Waals surface area contributed by atoms with Crippen molar-refractivity contribution in [2.24, 2.45) is 5.92 Å². The largest absolute Gasteiger partial charge is 0.493 e. The summed E-state index contributed by atoms with van der Waals surface area (Å²) in [7, 11) is 3.24. The second-order valence-electron chi connectivity index (χ2n) is 7.64. The van der Waals surface area contributed by atoms with Crippen LogP contribution in [0, 0.1) is 12.8 Å². The van der Waals surface area contributed by atoms with Crippen molar-refractivity contribution in [1.82, 2.24) is 9.88 Å². The molecular formula is C23H28N2O4S. The van der Waals surface area contributed by atoms with Gasteiger partial charge in [0.05, 0.1) is 31.6 Å². The molecule has 3 heterocycles. The zero-order valence-corrected chi connectivity index (χ0v) is 18.4. The Morgan fingerprint density at radius 3 is 2.67 bits per heavy atom. The standard InChI is InChI=1S/C23H28N2O4S/c1-15-18(24-23(29-15)17-6-4-7-19(27-2)22(17)28-3)14-25-11-9-16(10-12-25)21(26)20-8-5-13-30-20/h4-8,13,16,21,26H,9-12,14H2,1-3H3/t21-/m1/s1. The van der Waals surface area contributed by atoms with Crippen LogP contribution in [-0.2, 0) is 6.54 Å². The first-order valence-corrected chi connectivity index (χ1v) is 11.1. The van der Waals surface area contributed by atoms with Gasteiger partial charge in [0, 0.05) is 11.4 Å². The van der Waals surface area contributed by atoms with Gasteiger partial charge >= 0.3 is 0 Å². The summed E-state index contributed by atoms with van der Waals surface area (Å²) >= 11 is 1.63. The molecule has 0 saturated carbocycles. The van der Waals surface area contributed by atoms with E-state index >= 15 is 0 Å². The van der Waals surface area contributed by atoms with Crippen molar-refractivity contribution >= 4 is 11.3 Å². The first-order valence-electron chi connectivity index (χ1n) is 10.2. The molecule has 30 heavy (non-hydrogen) atoms. The van der Waals surface area contributed by atoms with Gasteiger partial charge in [-0.25, -0.2) is 4.98 Å². The molecule has 1 atom stereocenters. The number of nitrogens with zero attached hydrogens (tertiary/aromatic N) is 2. The highest BCUT2D eigenvalue weighted by molar-refractivity contribution is 7.10. The number of para-hydroxylation sites is 1. The van der Waals surface area contributed by atoms with E-state index in [2.05, 4.69) is 4.90 Å². The van der Waals surface area contributed by atoms with Crippen molar-refractivity contribution < 1.29 is 19.0 Å². The van der Waals surface area contributed by atoms with Crippen molar-refractivity contribution in [3.05, 3.63) is 52.0 Å². The molecule has 0 spiro atoms. The average Bonchev–Trinajstić information content (AvgIpc) is 3.43. The summed E-state index contributed by atoms with van der Waals surface area (Å²) in [5.74, 6) is 2.95. The van der Waals surface area contributed by atoms with E-state index in [4.69, 9.17) is 18.9 Å². The number of rotatable bonds is 7. The highest BCUT2D eigenvalue weighted by atomic mass is 32.1. The second-order valence-corrected chi connectivity index (χ2v) is 8.62. The van der Waals surface area contributed by atoms with E-state index in [0.29, 0.717) is 23.3 Å². The van der Waals surface area contributed by atoms with Gasteiger partial charge in [-0.05, 0) is 62.4 Å². The molecule has 6 nitrogen and oxygen atoms in total. The number of ether oxygens (including phenoxy) is 2. The fourth-order valence-corrected chi connectivity index (χ4v) is 4.88. The van der Waals surface area contributed by atoms with Crippen molar-refractivity contribution in [2.75, 3.05) is 27.3 Å². The van der Waals surface area contributed by atoms with Crippen LogP contribution in [0.4, 0.5) is 0 Å². The number of piperidine rings is 1. The molecule has 0 aliphatic carbocycles. The monoisotopic (exact) mass is 428 g/mol. The third kappa shape index (κ3) is 4.24. The van der Waals surface area contributed by atoms with Crippen LogP contribution in [-0.4, -0.2) is 42.3 Å². The maximum Gasteiger partial charge on any atom is 0.230 e. The molecule has 4 rings (SSSR count). The Kier molecular flexibility index (Phi) is 6.41. The number of likely N-dealkylation sites (tertiary alicyclic amines) is 1. The van der Waals surface area contributed by atoms with Crippen LogP contribution in [0.15, 0.2) is 40.1 Å². The highest BCUT2D eigenvalue weighted by Crippen LogP contribution is 2.38. The van der Waals surface area contributed by atoms with E-state index in [1.54, 1.807) is 25.6 Å². The molecule has 0 radical (unpaired) electrons. The second kappa shape index (κ2) is 9.20. The van der Waals surface area contributed by atoms with Crippen molar-refractivity contribution in [1.29, 1.82) is 0 Å². The van der Waals surface area contributed by atoms with Crippen molar-refractivity contribution in [3.63, 3.8) is 0 Å². The van der Waals surface area contributed by atoms with Gasteiger partial charge < -0.3 is 19.0 Å². The summed E-state index contributed by atoms with van der Waals surface area (Å²) in [6.45, 7) is 4.57. The van der Waals surface area contributed by atoms with Gasteiger partial charge in [0.2, 0.25) is 5.89 Å². The van der Waals surface area contributed by atoms with Gasteiger partial charge in [-0.15, -0.1) is 11.3 Å². The van der Waals surface area contributed by atoms with Gasteiger partial charge in [0.1, 0.15) is 5.76 Å². The Labute approximate surface area is 181 Å². The number of thiophene rings is 1. The Hall–Kier alpha value is -2.35. The highest BCUT2D eigenvalue weighted by Gasteiger charge is 2.28. The lowest BCUT2D eigenvalue weighted by Crippen LogP contribution is -2.35. The van der Waals surface area contributed by atoms with Crippen LogP contribution in [0.2, 0.25) is 0 Å². The van der Waals surface area contributed by atoms with E-state index in [-0.39, 0.29) is 6.10 Å². The number of benzene rings is 1. The molecule has 1 saturated heterocycles. The van der Waals surface area contributed by atoms with E-state index in [9.17, 15) is 5.11 Å². The van der Waals surface area contributed by atoms with Crippen LogP contribution in [0.3, 0.4) is 0 Å². The minimum atomic E-state index is -0.354. The number of aryl methyl sites for hydroxylation is 1. The molecule has 1 fully saturated rings. The van der Waals surface area contributed by atoms with Gasteiger partial charge in [-0.3, -0.25) is 4.90 Å². The molecule has 0 unspecified atom stereocenters. The normalized spacial score (nSPS) is 16.5. The fraction of sp³-hybridized carbons (Fsp3) is 0.435. The van der Waals surface area contributed by atoms with Crippen molar-refractivity contribution in [2.45, 2.75) is 32.4 Å². The molecule has 0 amide bonds. The summed E-state index contributed by atoms with van der Waals surface area (Å²) in [5, 5.41) is 12.6. The van der Waals surface area contributed by atoms with E-state index in [1.807, 2.05) is 42.6 Å². The van der Waals surface area contributed by atoms with E-state index < -0.39 is 0 Å². The fourth-order valence-electron chi connectivity index (χ4n) is 4.08. The molecular weight excluding hydrogens is 400 g/mol. The van der Waals surface area contributed by atoms with Crippen LogP contribution < -0.4 is 9.47 Å². The molecule has 7 heteroatoms. The lowest BCUT2D eigenvalue weighted by Gasteiger charge is -2.33. The van der Waals surface area contributed by atoms with Gasteiger partial charge in [-0.2, -0.15) is 0 Å². The zero-order valence-electron chi connectivity index (χ0n) is 17.6. The SMILES string of the molecule is COc1cccc(-c2nc(CN3CCC([C@@H](O)c4cccs4)CC3)c(C)o2)c1OC. The van der Waals surface area contributed by atoms with Gasteiger partial charge in [0.15, 0.2) is 11.5 Å². The first-order chi connectivity index (χ1) is 14.6. The summed E-state index contributed by atoms with van der Waals surface area (Å²) in [4.78, 5) is 8.21. The summed E-state index contributed by atoms with van der Waals surface area (Å²) in [6.07, 6.45) is 1.60. The minimum Gasteiger partial charge on any atom is -0.493 e. The molecule has 160 valence electrons. The Morgan fingerprint density at radius 1 is 1.20 bits per heavy atom. The predicted molar refractivity (Wildman–Crippen MR) is 117 cm³/mol. The number of hydrogen-bond donors (Lipinski definition) is 1. The zero-order chi connectivity index (χ0) is 21.1. The number of aliphatic hydroxyl groups is 1. The Morgan fingerprint density at radius 2 is 2.00 bits per heavy atom. The number of hydrogen-bond acceptors (Lipinski definition) is 7. The summed E-state index contributed by atoms with van der Waals surface area (Å²) in [6, 6.07) is 9.71. The molecule has 0 bridgehead atoms. The number of aliphatic hydroxyl groups excluding tert-OH is 1. The van der Waals surface area contributed by atoms with Crippen LogP contribution in [0.5, 0.6) is 11.5 Å².